The number of methoxy groups -OCH3 is 1. The number of rotatable bonds is 4. The number of fused-ring (bicyclic) bond motifs is 1. The molecule has 2 heterocycles. The van der Waals surface area contributed by atoms with Crippen molar-refractivity contribution in [2.75, 3.05) is 7.11 Å². The van der Waals surface area contributed by atoms with Crippen molar-refractivity contribution >= 4 is 40.1 Å². The van der Waals surface area contributed by atoms with Gasteiger partial charge in [0.15, 0.2) is 0 Å². The van der Waals surface area contributed by atoms with Gasteiger partial charge in [-0.05, 0) is 55.5 Å². The molecule has 5 nitrogen and oxygen atoms in total. The number of hydrogen-bond acceptors (Lipinski definition) is 6. The first kappa shape index (κ1) is 19.4. The molecule has 0 spiro atoms. The second-order valence-corrected chi connectivity index (χ2v) is 8.14. The van der Waals surface area contributed by atoms with Crippen molar-refractivity contribution in [2.24, 2.45) is 4.99 Å². The van der Waals surface area contributed by atoms with E-state index < -0.39 is 5.97 Å². The van der Waals surface area contributed by atoms with Crippen LogP contribution in [0.2, 0.25) is 5.02 Å². The lowest BCUT2D eigenvalue weighted by Gasteiger charge is -2.09. The van der Waals surface area contributed by atoms with E-state index in [-0.39, 0.29) is 0 Å². The van der Waals surface area contributed by atoms with Crippen LogP contribution in [-0.4, -0.2) is 19.3 Å². The van der Waals surface area contributed by atoms with Crippen molar-refractivity contribution in [3.8, 4) is 17.4 Å². The van der Waals surface area contributed by atoms with Gasteiger partial charge in [0.1, 0.15) is 22.6 Å². The number of carbonyl (C=O) groups is 1. The fourth-order valence-corrected chi connectivity index (χ4v) is 4.84. The van der Waals surface area contributed by atoms with Gasteiger partial charge in [0.05, 0.1) is 29.5 Å². The highest BCUT2D eigenvalue weighted by molar-refractivity contribution is 7.16. The van der Waals surface area contributed by atoms with Gasteiger partial charge in [-0.3, -0.25) is 0 Å². The van der Waals surface area contributed by atoms with E-state index >= 15 is 0 Å². The summed E-state index contributed by atoms with van der Waals surface area (Å²) in [6.07, 6.45) is 5.90. The molecule has 3 aromatic rings. The number of esters is 1. The third-order valence-corrected chi connectivity index (χ3v) is 6.37. The second-order valence-electron chi connectivity index (χ2n) is 6.65. The number of nitriles is 1. The molecule has 0 bridgehead atoms. The largest absolute Gasteiger partial charge is 0.465 e. The minimum absolute atomic E-state index is 0.295. The number of hydrogen-bond donors (Lipinski definition) is 0. The van der Waals surface area contributed by atoms with Crippen LogP contribution in [0.15, 0.2) is 39.7 Å². The molecule has 0 atom stereocenters. The topological polar surface area (TPSA) is 75.6 Å². The van der Waals surface area contributed by atoms with Crippen molar-refractivity contribution in [3.63, 3.8) is 0 Å². The number of furan rings is 1. The van der Waals surface area contributed by atoms with Crippen LogP contribution in [0.5, 0.6) is 0 Å². The smallest absolute Gasteiger partial charge is 0.339 e. The zero-order valence-corrected chi connectivity index (χ0v) is 17.3. The van der Waals surface area contributed by atoms with Gasteiger partial charge in [0.2, 0.25) is 0 Å². The number of aryl methyl sites for hydroxylation is 1. The van der Waals surface area contributed by atoms with Gasteiger partial charge < -0.3 is 9.15 Å². The summed E-state index contributed by atoms with van der Waals surface area (Å²) in [6, 6.07) is 10.9. The van der Waals surface area contributed by atoms with Gasteiger partial charge in [-0.1, -0.05) is 17.7 Å². The molecule has 2 aromatic heterocycles. The molecule has 1 aliphatic carbocycles. The van der Waals surface area contributed by atoms with Crippen molar-refractivity contribution in [1.82, 2.24) is 0 Å². The zero-order chi connectivity index (χ0) is 20.4. The summed E-state index contributed by atoms with van der Waals surface area (Å²) >= 11 is 7.78. The quantitative estimate of drug-likeness (QED) is 0.383. The lowest BCUT2D eigenvalue weighted by atomic mass is 9.96. The Morgan fingerprint density at radius 2 is 2.14 bits per heavy atom. The highest BCUT2D eigenvalue weighted by Crippen LogP contribution is 2.39. The molecule has 29 heavy (non-hydrogen) atoms. The molecule has 146 valence electrons. The maximum absolute atomic E-state index is 11.7. The minimum atomic E-state index is -0.485. The Bertz CT molecular complexity index is 1150. The molecule has 0 fully saturated rings. The first-order chi connectivity index (χ1) is 14.1. The molecule has 0 aliphatic heterocycles. The first-order valence-electron chi connectivity index (χ1n) is 9.17. The number of benzene rings is 1. The van der Waals surface area contributed by atoms with Crippen molar-refractivity contribution in [3.05, 3.63) is 62.7 Å². The van der Waals surface area contributed by atoms with Gasteiger partial charge in [-0.2, -0.15) is 5.26 Å². The van der Waals surface area contributed by atoms with Crippen molar-refractivity contribution in [2.45, 2.75) is 25.7 Å². The molecule has 1 aromatic carbocycles. The third-order valence-electron chi connectivity index (χ3n) is 4.86. The Morgan fingerprint density at radius 3 is 2.90 bits per heavy atom. The summed E-state index contributed by atoms with van der Waals surface area (Å²) in [5.74, 6) is 0.694. The molecular formula is C22H17ClN2O3S. The van der Waals surface area contributed by atoms with Gasteiger partial charge in [0, 0.05) is 10.4 Å². The summed E-state index contributed by atoms with van der Waals surface area (Å²) in [4.78, 5) is 17.5. The van der Waals surface area contributed by atoms with Crippen LogP contribution in [0.3, 0.4) is 0 Å². The SMILES string of the molecule is COC(=O)c1ccc(-c2ccc(C=Nc3sc4c(c3C#N)CCCC4)o2)cc1Cl. The Balaban J connectivity index is 1.58. The molecule has 0 saturated carbocycles. The minimum Gasteiger partial charge on any atom is -0.465 e. The molecule has 0 N–H and O–H groups in total. The monoisotopic (exact) mass is 424 g/mol. The summed E-state index contributed by atoms with van der Waals surface area (Å²) in [7, 11) is 1.31. The summed E-state index contributed by atoms with van der Waals surface area (Å²) in [6.45, 7) is 0. The van der Waals surface area contributed by atoms with Crippen LogP contribution in [0.4, 0.5) is 5.00 Å². The fraction of sp³-hybridized carbons (Fsp3) is 0.227. The van der Waals surface area contributed by atoms with E-state index in [4.69, 9.17) is 20.8 Å². The molecule has 1 aliphatic rings. The summed E-state index contributed by atoms with van der Waals surface area (Å²) in [5.41, 5.74) is 2.90. The number of aliphatic imine (C=N–C) groups is 1. The van der Waals surface area contributed by atoms with Gasteiger partial charge in [-0.15, -0.1) is 11.3 Å². The van der Waals surface area contributed by atoms with Crippen LogP contribution in [0.25, 0.3) is 11.3 Å². The van der Waals surface area contributed by atoms with E-state index in [1.165, 1.54) is 18.4 Å². The normalized spacial score (nSPS) is 13.3. The number of nitrogens with zero attached hydrogens (tertiary/aromatic N) is 2. The number of thiophene rings is 1. The standard InChI is InChI=1S/C22H17ClN2O3S/c1-27-22(26)16-8-6-13(10-18(16)23)19-9-7-14(28-19)12-25-21-17(11-24)15-4-2-3-5-20(15)29-21/h6-10,12H,2-5H2,1H3. The highest BCUT2D eigenvalue weighted by atomic mass is 35.5. The maximum atomic E-state index is 11.7. The average Bonchev–Trinajstić information content (AvgIpc) is 3.35. The first-order valence-corrected chi connectivity index (χ1v) is 10.4. The van der Waals surface area contributed by atoms with Crippen LogP contribution in [0.1, 0.15) is 45.0 Å². The Kier molecular flexibility index (Phi) is 5.52. The predicted molar refractivity (Wildman–Crippen MR) is 113 cm³/mol. The number of halogens is 1. The van der Waals surface area contributed by atoms with Gasteiger partial charge in [0.25, 0.3) is 0 Å². The van der Waals surface area contributed by atoms with Gasteiger partial charge in [-0.25, -0.2) is 9.79 Å². The van der Waals surface area contributed by atoms with E-state index in [2.05, 4.69) is 11.1 Å². The van der Waals surface area contributed by atoms with Crippen LogP contribution >= 0.6 is 22.9 Å². The maximum Gasteiger partial charge on any atom is 0.339 e. The lowest BCUT2D eigenvalue weighted by Crippen LogP contribution is -2.01. The third kappa shape index (κ3) is 3.84. The van der Waals surface area contributed by atoms with E-state index in [0.717, 1.165) is 35.4 Å². The summed E-state index contributed by atoms with van der Waals surface area (Å²) in [5, 5.41) is 10.6. The van der Waals surface area contributed by atoms with Crippen molar-refractivity contribution in [1.29, 1.82) is 5.26 Å². The number of ether oxygens (including phenoxy) is 1. The van der Waals surface area contributed by atoms with E-state index in [9.17, 15) is 10.1 Å². The average molecular weight is 425 g/mol. The highest BCUT2D eigenvalue weighted by Gasteiger charge is 2.20. The molecule has 4 rings (SSSR count). The fourth-order valence-electron chi connectivity index (χ4n) is 3.40. The Hall–Kier alpha value is -2.88. The predicted octanol–water partition coefficient (Wildman–Crippen LogP) is 5.95. The Labute approximate surface area is 177 Å². The van der Waals surface area contributed by atoms with Crippen molar-refractivity contribution < 1.29 is 13.9 Å². The van der Waals surface area contributed by atoms with Gasteiger partial charge >= 0.3 is 5.97 Å². The second kappa shape index (κ2) is 8.24. The molecule has 0 saturated heterocycles. The van der Waals surface area contributed by atoms with Crippen LogP contribution < -0.4 is 0 Å². The summed E-state index contributed by atoms with van der Waals surface area (Å²) < 4.78 is 10.5. The van der Waals surface area contributed by atoms with E-state index in [0.29, 0.717) is 27.7 Å². The molecule has 7 heteroatoms. The number of carbonyl (C=O) groups excluding carboxylic acids is 1. The van der Waals surface area contributed by atoms with Crippen LogP contribution in [0, 0.1) is 11.3 Å². The molecular weight excluding hydrogens is 408 g/mol. The molecule has 0 amide bonds. The van der Waals surface area contributed by atoms with E-state index in [1.54, 1.807) is 41.8 Å². The lowest BCUT2D eigenvalue weighted by molar-refractivity contribution is 0.0601. The molecule has 0 unspecified atom stereocenters. The van der Waals surface area contributed by atoms with E-state index in [1.807, 2.05) is 6.07 Å². The Morgan fingerprint density at radius 1 is 1.31 bits per heavy atom. The van der Waals surface area contributed by atoms with Crippen LogP contribution in [-0.2, 0) is 17.6 Å². The molecule has 0 radical (unpaired) electrons. The zero-order valence-electron chi connectivity index (χ0n) is 15.7.